The molecule has 18 heavy (non-hydrogen) atoms. The summed E-state index contributed by atoms with van der Waals surface area (Å²) in [5.74, 6) is 0. The van der Waals surface area contributed by atoms with Crippen LogP contribution in [0.4, 0.5) is 10.5 Å². The van der Waals surface area contributed by atoms with Gasteiger partial charge in [-0.2, -0.15) is 0 Å². The Morgan fingerprint density at radius 2 is 2.22 bits per heavy atom. The van der Waals surface area contributed by atoms with E-state index in [1.807, 2.05) is 6.07 Å². The molecule has 0 aliphatic carbocycles. The van der Waals surface area contributed by atoms with Crippen LogP contribution < -0.4 is 10.9 Å². The highest BCUT2D eigenvalue weighted by Crippen LogP contribution is 2.15. The molecule has 0 saturated carbocycles. The molecular weight excluding hydrogens is 234 g/mol. The van der Waals surface area contributed by atoms with E-state index in [1.54, 1.807) is 18.2 Å². The summed E-state index contributed by atoms with van der Waals surface area (Å²) < 4.78 is 9.77. The third-order valence-corrected chi connectivity index (χ3v) is 2.21. The Kier molecular flexibility index (Phi) is 3.43. The monoisotopic (exact) mass is 245 g/mol. The minimum absolute atomic E-state index is 0.0442. The molecule has 1 aromatic carbocycles. The van der Waals surface area contributed by atoms with Gasteiger partial charge in [0.15, 0.2) is 0 Å². The molecule has 1 amide bonds. The second-order valence-corrected chi connectivity index (χ2v) is 3.50. The first-order chi connectivity index (χ1) is 8.70. The lowest BCUT2D eigenvalue weighted by molar-refractivity contribution is 0.174. The van der Waals surface area contributed by atoms with E-state index in [0.29, 0.717) is 5.58 Å². The Labute approximate surface area is 103 Å². The second kappa shape index (κ2) is 5.18. The number of benzene rings is 1. The lowest BCUT2D eigenvalue weighted by Gasteiger charge is -2.04. The largest absolute Gasteiger partial charge is 0.445 e. The van der Waals surface area contributed by atoms with E-state index >= 15 is 0 Å². The van der Waals surface area contributed by atoms with Gasteiger partial charge in [-0.05, 0) is 12.1 Å². The van der Waals surface area contributed by atoms with Crippen LogP contribution in [-0.2, 0) is 4.74 Å². The number of para-hydroxylation sites is 1. The number of rotatable bonds is 3. The van der Waals surface area contributed by atoms with Crippen molar-refractivity contribution in [2.24, 2.45) is 0 Å². The fraction of sp³-hybridized carbons (Fsp3) is 0.0769. The summed E-state index contributed by atoms with van der Waals surface area (Å²) in [7, 11) is 0. The number of nitrogens with one attached hydrogen (secondary N) is 1. The van der Waals surface area contributed by atoms with Gasteiger partial charge in [0.1, 0.15) is 17.9 Å². The Morgan fingerprint density at radius 3 is 3.00 bits per heavy atom. The molecule has 1 N–H and O–H groups in total. The average molecular weight is 245 g/mol. The summed E-state index contributed by atoms with van der Waals surface area (Å²) in [6.45, 7) is 3.49. The molecule has 0 unspecified atom stereocenters. The average Bonchev–Trinajstić information content (AvgIpc) is 2.37. The molecule has 1 aromatic heterocycles. The van der Waals surface area contributed by atoms with Crippen molar-refractivity contribution >= 4 is 22.7 Å². The Bertz CT molecular complexity index is 645. The maximum Gasteiger partial charge on any atom is 0.412 e. The van der Waals surface area contributed by atoms with E-state index in [9.17, 15) is 9.59 Å². The Balaban J connectivity index is 2.28. The van der Waals surface area contributed by atoms with Crippen LogP contribution in [0.15, 0.2) is 52.2 Å². The molecule has 2 rings (SSSR count). The van der Waals surface area contributed by atoms with Gasteiger partial charge >= 0.3 is 11.7 Å². The number of ether oxygens (including phenoxy) is 1. The molecule has 0 radical (unpaired) electrons. The van der Waals surface area contributed by atoms with E-state index in [0.717, 1.165) is 5.39 Å². The third-order valence-electron chi connectivity index (χ3n) is 2.21. The van der Waals surface area contributed by atoms with Crippen molar-refractivity contribution < 1.29 is 13.9 Å². The molecule has 0 bridgehead atoms. The standard InChI is InChI=1S/C13H11NO4/c1-2-7-17-13(16)14-10-8-9-5-3-4-6-11(9)18-12(10)15/h2-6,8H,1,7H2,(H,14,16). The van der Waals surface area contributed by atoms with Gasteiger partial charge in [-0.25, -0.2) is 9.59 Å². The maximum absolute atomic E-state index is 11.6. The third kappa shape index (κ3) is 2.57. The van der Waals surface area contributed by atoms with Gasteiger partial charge in [0.2, 0.25) is 0 Å². The number of hydrogen-bond acceptors (Lipinski definition) is 4. The highest BCUT2D eigenvalue weighted by molar-refractivity contribution is 5.88. The molecule has 0 atom stereocenters. The van der Waals surface area contributed by atoms with Crippen LogP contribution in [-0.4, -0.2) is 12.7 Å². The van der Waals surface area contributed by atoms with Crippen LogP contribution >= 0.6 is 0 Å². The second-order valence-electron chi connectivity index (χ2n) is 3.50. The van der Waals surface area contributed by atoms with Gasteiger partial charge in [0.05, 0.1) is 0 Å². The van der Waals surface area contributed by atoms with E-state index in [2.05, 4.69) is 11.9 Å². The lowest BCUT2D eigenvalue weighted by Crippen LogP contribution is -2.18. The van der Waals surface area contributed by atoms with Crippen molar-refractivity contribution in [3.05, 3.63) is 53.4 Å². The lowest BCUT2D eigenvalue weighted by atomic mass is 10.2. The summed E-state index contributed by atoms with van der Waals surface area (Å²) in [6, 6.07) is 8.56. The number of carbonyl (C=O) groups excluding carboxylic acids is 1. The van der Waals surface area contributed by atoms with Gasteiger partial charge in [0.25, 0.3) is 0 Å². The van der Waals surface area contributed by atoms with Crippen LogP contribution in [0.25, 0.3) is 11.0 Å². The molecule has 0 aliphatic heterocycles. The minimum atomic E-state index is -0.725. The number of anilines is 1. The Morgan fingerprint density at radius 1 is 1.44 bits per heavy atom. The molecule has 0 fully saturated rings. The van der Waals surface area contributed by atoms with E-state index in [4.69, 9.17) is 9.15 Å². The van der Waals surface area contributed by atoms with E-state index < -0.39 is 11.7 Å². The van der Waals surface area contributed by atoms with Gasteiger partial charge < -0.3 is 9.15 Å². The van der Waals surface area contributed by atoms with Crippen molar-refractivity contribution in [1.82, 2.24) is 0 Å². The van der Waals surface area contributed by atoms with Crippen molar-refractivity contribution in [2.45, 2.75) is 0 Å². The van der Waals surface area contributed by atoms with E-state index in [-0.39, 0.29) is 12.3 Å². The van der Waals surface area contributed by atoms with Crippen LogP contribution in [0.2, 0.25) is 0 Å². The summed E-state index contributed by atoms with van der Waals surface area (Å²) in [6.07, 6.45) is 0.708. The molecule has 0 saturated heterocycles. The predicted octanol–water partition coefficient (Wildman–Crippen LogP) is 2.53. The highest BCUT2D eigenvalue weighted by Gasteiger charge is 2.08. The molecule has 92 valence electrons. The molecule has 0 spiro atoms. The first-order valence-corrected chi connectivity index (χ1v) is 5.28. The van der Waals surface area contributed by atoms with E-state index in [1.165, 1.54) is 12.1 Å². The molecule has 5 nitrogen and oxygen atoms in total. The predicted molar refractivity (Wildman–Crippen MR) is 67.7 cm³/mol. The summed E-state index contributed by atoms with van der Waals surface area (Å²) in [5, 5.41) is 3.04. The molecule has 5 heteroatoms. The molecular formula is C13H11NO4. The number of fused-ring (bicyclic) bond motifs is 1. The highest BCUT2D eigenvalue weighted by atomic mass is 16.5. The Hall–Kier alpha value is -2.56. The van der Waals surface area contributed by atoms with Crippen molar-refractivity contribution in [3.63, 3.8) is 0 Å². The van der Waals surface area contributed by atoms with Crippen LogP contribution in [0.1, 0.15) is 0 Å². The SMILES string of the molecule is C=CCOC(=O)Nc1cc2ccccc2oc1=O. The normalized spacial score (nSPS) is 10.0. The zero-order chi connectivity index (χ0) is 13.0. The van der Waals surface area contributed by atoms with Crippen LogP contribution in [0, 0.1) is 0 Å². The maximum atomic E-state index is 11.6. The van der Waals surface area contributed by atoms with Gasteiger partial charge in [-0.3, -0.25) is 5.32 Å². The summed E-state index contributed by atoms with van der Waals surface area (Å²) >= 11 is 0. The number of carbonyl (C=O) groups is 1. The quantitative estimate of drug-likeness (QED) is 0.666. The number of hydrogen-bond donors (Lipinski definition) is 1. The first-order valence-electron chi connectivity index (χ1n) is 5.28. The summed E-state index contributed by atoms with van der Waals surface area (Å²) in [4.78, 5) is 22.9. The molecule has 1 heterocycles. The molecule has 2 aromatic rings. The molecule has 0 aliphatic rings. The zero-order valence-electron chi connectivity index (χ0n) is 9.51. The van der Waals surface area contributed by atoms with Crippen molar-refractivity contribution in [1.29, 1.82) is 0 Å². The smallest absolute Gasteiger partial charge is 0.412 e. The zero-order valence-corrected chi connectivity index (χ0v) is 9.51. The number of amides is 1. The van der Waals surface area contributed by atoms with Crippen LogP contribution in [0.5, 0.6) is 0 Å². The fourth-order valence-corrected chi connectivity index (χ4v) is 1.43. The topological polar surface area (TPSA) is 68.5 Å². The fourth-order valence-electron chi connectivity index (χ4n) is 1.43. The van der Waals surface area contributed by atoms with Crippen molar-refractivity contribution in [3.8, 4) is 0 Å². The van der Waals surface area contributed by atoms with Gasteiger partial charge in [-0.1, -0.05) is 30.9 Å². The van der Waals surface area contributed by atoms with Gasteiger partial charge in [0, 0.05) is 5.39 Å². The summed E-state index contributed by atoms with van der Waals surface area (Å²) in [5.41, 5.74) is -0.112. The van der Waals surface area contributed by atoms with Crippen molar-refractivity contribution in [2.75, 3.05) is 11.9 Å². The minimum Gasteiger partial charge on any atom is -0.445 e. The van der Waals surface area contributed by atoms with Gasteiger partial charge in [-0.15, -0.1) is 0 Å². The van der Waals surface area contributed by atoms with Crippen LogP contribution in [0.3, 0.4) is 0 Å². The first kappa shape index (κ1) is 11.9.